The largest absolute Gasteiger partial charge is 0.324 e. The first-order chi connectivity index (χ1) is 5.65. The van der Waals surface area contributed by atoms with Crippen molar-refractivity contribution in [1.82, 2.24) is 0 Å². The molecule has 0 spiro atoms. The zero-order chi connectivity index (χ0) is 9.14. The minimum Gasteiger partial charge on any atom is -0.324 e. The standard InChI is InChI=1S/C9H9FN2/c1-6(12)7-2-3-8(5-11)9(10)4-7/h2-4,6H,12H2,1H3/t6-/m0/s1. The van der Waals surface area contributed by atoms with Crippen molar-refractivity contribution >= 4 is 0 Å². The molecule has 12 heavy (non-hydrogen) atoms. The molecule has 0 unspecified atom stereocenters. The van der Waals surface area contributed by atoms with Crippen LogP contribution in [0.4, 0.5) is 4.39 Å². The maximum Gasteiger partial charge on any atom is 0.141 e. The Balaban J connectivity index is 3.12. The molecule has 0 heterocycles. The summed E-state index contributed by atoms with van der Waals surface area (Å²) >= 11 is 0. The predicted molar refractivity (Wildman–Crippen MR) is 43.7 cm³/mol. The molecule has 0 fully saturated rings. The molecule has 0 amide bonds. The number of nitrogens with two attached hydrogens (primary N) is 1. The maximum absolute atomic E-state index is 12.9. The molecule has 0 aliphatic rings. The van der Waals surface area contributed by atoms with Gasteiger partial charge in [0.2, 0.25) is 0 Å². The molecule has 62 valence electrons. The number of rotatable bonds is 1. The molecular formula is C9H9FN2. The van der Waals surface area contributed by atoms with Crippen LogP contribution in [0.15, 0.2) is 18.2 Å². The lowest BCUT2D eigenvalue weighted by Crippen LogP contribution is -2.05. The average molecular weight is 164 g/mol. The molecule has 1 rings (SSSR count). The number of hydrogen-bond donors (Lipinski definition) is 1. The molecule has 0 aliphatic carbocycles. The second-order valence-corrected chi connectivity index (χ2v) is 2.64. The van der Waals surface area contributed by atoms with Crippen molar-refractivity contribution in [2.45, 2.75) is 13.0 Å². The Morgan fingerprint density at radius 2 is 2.25 bits per heavy atom. The van der Waals surface area contributed by atoms with E-state index in [-0.39, 0.29) is 11.6 Å². The van der Waals surface area contributed by atoms with E-state index in [1.54, 1.807) is 19.1 Å². The molecule has 1 aromatic rings. The first kappa shape index (κ1) is 8.69. The van der Waals surface area contributed by atoms with Crippen LogP contribution < -0.4 is 5.73 Å². The van der Waals surface area contributed by atoms with E-state index < -0.39 is 5.82 Å². The number of nitriles is 1. The molecule has 2 N–H and O–H groups in total. The highest BCUT2D eigenvalue weighted by Crippen LogP contribution is 2.13. The highest BCUT2D eigenvalue weighted by atomic mass is 19.1. The first-order valence-electron chi connectivity index (χ1n) is 3.60. The van der Waals surface area contributed by atoms with E-state index in [9.17, 15) is 4.39 Å². The van der Waals surface area contributed by atoms with Crippen LogP contribution in [0.1, 0.15) is 24.1 Å². The Hall–Kier alpha value is -1.40. The van der Waals surface area contributed by atoms with E-state index in [1.807, 2.05) is 0 Å². The number of benzene rings is 1. The minimum absolute atomic E-state index is 0.0550. The Morgan fingerprint density at radius 3 is 2.67 bits per heavy atom. The molecule has 0 bridgehead atoms. The Kier molecular flexibility index (Phi) is 2.41. The van der Waals surface area contributed by atoms with Gasteiger partial charge in [-0.05, 0) is 24.6 Å². The summed E-state index contributed by atoms with van der Waals surface area (Å²) in [6.45, 7) is 1.76. The highest BCUT2D eigenvalue weighted by molar-refractivity contribution is 5.34. The van der Waals surface area contributed by atoms with Gasteiger partial charge in [0.25, 0.3) is 0 Å². The zero-order valence-corrected chi connectivity index (χ0v) is 6.71. The fraction of sp³-hybridized carbons (Fsp3) is 0.222. The normalized spacial score (nSPS) is 12.2. The Labute approximate surface area is 70.4 Å². The van der Waals surface area contributed by atoms with E-state index >= 15 is 0 Å². The van der Waals surface area contributed by atoms with E-state index in [2.05, 4.69) is 0 Å². The quantitative estimate of drug-likeness (QED) is 0.687. The summed E-state index contributed by atoms with van der Waals surface area (Å²) in [4.78, 5) is 0. The molecule has 2 nitrogen and oxygen atoms in total. The van der Waals surface area contributed by atoms with E-state index in [0.717, 1.165) is 0 Å². The van der Waals surface area contributed by atoms with Crippen molar-refractivity contribution in [2.75, 3.05) is 0 Å². The van der Waals surface area contributed by atoms with Crippen molar-refractivity contribution in [3.05, 3.63) is 35.1 Å². The Bertz CT molecular complexity index is 326. The number of halogens is 1. The summed E-state index contributed by atoms with van der Waals surface area (Å²) in [5.41, 5.74) is 6.28. The topological polar surface area (TPSA) is 49.8 Å². The van der Waals surface area contributed by atoms with Crippen LogP contribution in [0.5, 0.6) is 0 Å². The van der Waals surface area contributed by atoms with Crippen molar-refractivity contribution in [3.8, 4) is 6.07 Å². The second kappa shape index (κ2) is 3.33. The van der Waals surface area contributed by atoms with Crippen LogP contribution in [0, 0.1) is 17.1 Å². The van der Waals surface area contributed by atoms with E-state index in [1.165, 1.54) is 12.1 Å². The first-order valence-corrected chi connectivity index (χ1v) is 3.60. The van der Waals surface area contributed by atoms with Crippen LogP contribution in [-0.2, 0) is 0 Å². The molecule has 0 saturated carbocycles. The van der Waals surface area contributed by atoms with Gasteiger partial charge in [-0.1, -0.05) is 6.07 Å². The molecule has 0 aliphatic heterocycles. The van der Waals surface area contributed by atoms with Gasteiger partial charge in [0.15, 0.2) is 0 Å². The molecule has 0 aromatic heterocycles. The average Bonchev–Trinajstić information content (AvgIpc) is 2.04. The fourth-order valence-electron chi connectivity index (χ4n) is 0.905. The van der Waals surface area contributed by atoms with Crippen molar-refractivity contribution in [3.63, 3.8) is 0 Å². The van der Waals surface area contributed by atoms with Crippen LogP contribution in [-0.4, -0.2) is 0 Å². The molecule has 0 saturated heterocycles. The summed E-state index contributed by atoms with van der Waals surface area (Å²) in [7, 11) is 0. The summed E-state index contributed by atoms with van der Waals surface area (Å²) in [5.74, 6) is -0.507. The maximum atomic E-state index is 12.9. The van der Waals surface area contributed by atoms with Crippen LogP contribution in [0.2, 0.25) is 0 Å². The summed E-state index contributed by atoms with van der Waals surface area (Å²) in [5, 5.41) is 8.43. The highest BCUT2D eigenvalue weighted by Gasteiger charge is 2.04. The SMILES string of the molecule is C[C@H](N)c1ccc(C#N)c(F)c1. The van der Waals surface area contributed by atoms with Crippen molar-refractivity contribution in [1.29, 1.82) is 5.26 Å². The van der Waals surface area contributed by atoms with Gasteiger partial charge < -0.3 is 5.73 Å². The van der Waals surface area contributed by atoms with Crippen molar-refractivity contribution < 1.29 is 4.39 Å². The molecule has 1 atom stereocenters. The summed E-state index contributed by atoms with van der Waals surface area (Å²) in [6.07, 6.45) is 0. The second-order valence-electron chi connectivity index (χ2n) is 2.64. The van der Waals surface area contributed by atoms with Gasteiger partial charge in [-0.3, -0.25) is 0 Å². The summed E-state index contributed by atoms with van der Waals surface area (Å²) in [6, 6.07) is 5.94. The molecule has 3 heteroatoms. The molecule has 1 aromatic carbocycles. The lowest BCUT2D eigenvalue weighted by molar-refractivity contribution is 0.618. The lowest BCUT2D eigenvalue weighted by Gasteiger charge is -2.04. The molecular weight excluding hydrogens is 155 g/mol. The smallest absolute Gasteiger partial charge is 0.141 e. The van der Waals surface area contributed by atoms with Crippen LogP contribution >= 0.6 is 0 Å². The van der Waals surface area contributed by atoms with E-state index in [4.69, 9.17) is 11.0 Å². The van der Waals surface area contributed by atoms with Gasteiger partial charge >= 0.3 is 0 Å². The Morgan fingerprint density at radius 1 is 1.58 bits per heavy atom. The third kappa shape index (κ3) is 1.60. The van der Waals surface area contributed by atoms with Gasteiger partial charge in [-0.15, -0.1) is 0 Å². The third-order valence-corrected chi connectivity index (χ3v) is 1.64. The molecule has 0 radical (unpaired) electrons. The monoisotopic (exact) mass is 164 g/mol. The van der Waals surface area contributed by atoms with Gasteiger partial charge in [-0.25, -0.2) is 4.39 Å². The van der Waals surface area contributed by atoms with Crippen LogP contribution in [0.25, 0.3) is 0 Å². The van der Waals surface area contributed by atoms with Crippen LogP contribution in [0.3, 0.4) is 0 Å². The number of nitrogens with zero attached hydrogens (tertiary/aromatic N) is 1. The fourth-order valence-corrected chi connectivity index (χ4v) is 0.905. The van der Waals surface area contributed by atoms with Gasteiger partial charge in [-0.2, -0.15) is 5.26 Å². The van der Waals surface area contributed by atoms with Gasteiger partial charge in [0, 0.05) is 6.04 Å². The predicted octanol–water partition coefficient (Wildman–Crippen LogP) is 1.72. The summed E-state index contributed by atoms with van der Waals surface area (Å²) < 4.78 is 12.9. The zero-order valence-electron chi connectivity index (χ0n) is 6.71. The van der Waals surface area contributed by atoms with E-state index in [0.29, 0.717) is 5.56 Å². The minimum atomic E-state index is -0.507. The van der Waals surface area contributed by atoms with Gasteiger partial charge in [0.05, 0.1) is 5.56 Å². The third-order valence-electron chi connectivity index (χ3n) is 1.64. The number of hydrogen-bond acceptors (Lipinski definition) is 2. The lowest BCUT2D eigenvalue weighted by atomic mass is 10.1. The van der Waals surface area contributed by atoms with Crippen molar-refractivity contribution in [2.24, 2.45) is 5.73 Å². The van der Waals surface area contributed by atoms with Gasteiger partial charge in [0.1, 0.15) is 11.9 Å².